The van der Waals surface area contributed by atoms with Gasteiger partial charge in [0, 0.05) is 12.8 Å². The van der Waals surface area contributed by atoms with Gasteiger partial charge < -0.3 is 0 Å². The molecule has 0 spiro atoms. The molecule has 0 N–H and O–H groups in total. The highest BCUT2D eigenvalue weighted by molar-refractivity contribution is 6.92. The SMILES string of the molecule is CC[Si]1(c2ccccc2)CCC(C2CCC(=O)CC2)CC1. The Hall–Kier alpha value is -0.893. The minimum absolute atomic E-state index is 0.503. The van der Waals surface area contributed by atoms with Crippen LogP contribution in [0.5, 0.6) is 0 Å². The molecule has 114 valence electrons. The lowest BCUT2D eigenvalue weighted by Gasteiger charge is -2.41. The number of Topliss-reactive ketones (excluding diaryl/α,β-unsaturated/α-hetero) is 1. The third-order valence-electron chi connectivity index (χ3n) is 6.30. The molecule has 1 aromatic rings. The first kappa shape index (κ1) is 15.0. The molecule has 0 atom stereocenters. The molecule has 2 heteroatoms. The van der Waals surface area contributed by atoms with Crippen molar-refractivity contribution in [3.05, 3.63) is 30.3 Å². The van der Waals surface area contributed by atoms with E-state index in [1.165, 1.54) is 43.8 Å². The topological polar surface area (TPSA) is 17.1 Å². The Kier molecular flexibility index (Phi) is 4.63. The van der Waals surface area contributed by atoms with Gasteiger partial charge >= 0.3 is 0 Å². The highest BCUT2D eigenvalue weighted by atomic mass is 28.3. The summed E-state index contributed by atoms with van der Waals surface area (Å²) >= 11 is 0. The Bertz CT molecular complexity index is 464. The predicted molar refractivity (Wildman–Crippen MR) is 91.6 cm³/mol. The van der Waals surface area contributed by atoms with E-state index in [0.717, 1.165) is 24.7 Å². The van der Waals surface area contributed by atoms with Crippen LogP contribution in [0.25, 0.3) is 0 Å². The Morgan fingerprint density at radius 1 is 0.952 bits per heavy atom. The maximum Gasteiger partial charge on any atom is 0.132 e. The fourth-order valence-corrected chi connectivity index (χ4v) is 9.42. The zero-order valence-electron chi connectivity index (χ0n) is 13.3. The number of ketones is 1. The second kappa shape index (κ2) is 6.47. The lowest BCUT2D eigenvalue weighted by Crippen LogP contribution is -2.50. The van der Waals surface area contributed by atoms with Crippen LogP contribution in [0.4, 0.5) is 0 Å². The van der Waals surface area contributed by atoms with Gasteiger partial charge in [-0.1, -0.05) is 73.4 Å². The van der Waals surface area contributed by atoms with E-state index in [1.807, 2.05) is 0 Å². The van der Waals surface area contributed by atoms with Crippen LogP contribution in [0.2, 0.25) is 18.1 Å². The first-order valence-corrected chi connectivity index (χ1v) is 11.4. The smallest absolute Gasteiger partial charge is 0.132 e. The molecule has 1 nitrogen and oxygen atoms in total. The van der Waals surface area contributed by atoms with E-state index in [2.05, 4.69) is 37.3 Å². The molecule has 2 aliphatic rings. The fourth-order valence-electron chi connectivity index (χ4n) is 4.74. The molecule has 1 aliphatic carbocycles. The summed E-state index contributed by atoms with van der Waals surface area (Å²) in [5.41, 5.74) is 0. The maximum absolute atomic E-state index is 11.4. The quantitative estimate of drug-likeness (QED) is 0.749. The second-order valence-corrected chi connectivity index (χ2v) is 12.1. The third-order valence-corrected chi connectivity index (χ3v) is 11.7. The van der Waals surface area contributed by atoms with Gasteiger partial charge in [-0.3, -0.25) is 4.79 Å². The molecule has 0 aromatic heterocycles. The van der Waals surface area contributed by atoms with Crippen LogP contribution in [0.3, 0.4) is 0 Å². The van der Waals surface area contributed by atoms with Crippen molar-refractivity contribution in [1.29, 1.82) is 0 Å². The summed E-state index contributed by atoms with van der Waals surface area (Å²) < 4.78 is 0. The van der Waals surface area contributed by atoms with Gasteiger partial charge in [0.25, 0.3) is 0 Å². The molecule has 1 aromatic carbocycles. The van der Waals surface area contributed by atoms with Gasteiger partial charge in [-0.15, -0.1) is 0 Å². The molecule has 1 saturated heterocycles. The van der Waals surface area contributed by atoms with E-state index in [1.54, 1.807) is 5.19 Å². The molecular weight excluding hydrogens is 272 g/mol. The first-order valence-electron chi connectivity index (χ1n) is 8.81. The summed E-state index contributed by atoms with van der Waals surface area (Å²) in [7, 11) is -1.22. The van der Waals surface area contributed by atoms with Crippen molar-refractivity contribution < 1.29 is 4.79 Å². The summed E-state index contributed by atoms with van der Waals surface area (Å²) in [6, 6.07) is 15.7. The molecular formula is C19H28OSi. The minimum Gasteiger partial charge on any atom is -0.300 e. The molecule has 0 unspecified atom stereocenters. The average molecular weight is 301 g/mol. The number of hydrogen-bond donors (Lipinski definition) is 0. The maximum atomic E-state index is 11.4. The molecule has 2 fully saturated rings. The Labute approximate surface area is 130 Å². The van der Waals surface area contributed by atoms with Gasteiger partial charge in [0.2, 0.25) is 0 Å². The standard InChI is InChI=1S/C19H28OSi/c1-2-21(19-6-4-3-5-7-19)14-12-17(13-15-21)16-8-10-18(20)11-9-16/h3-7,16-17H,2,8-15H2,1H3. The number of benzene rings is 1. The number of rotatable bonds is 3. The summed E-state index contributed by atoms with van der Waals surface area (Å²) in [5.74, 6) is 2.26. The lowest BCUT2D eigenvalue weighted by atomic mass is 9.77. The molecule has 0 bridgehead atoms. The second-order valence-electron chi connectivity index (χ2n) is 7.21. The average Bonchev–Trinajstić information content (AvgIpc) is 2.56. The van der Waals surface area contributed by atoms with Gasteiger partial charge in [0.15, 0.2) is 0 Å². The van der Waals surface area contributed by atoms with E-state index < -0.39 is 8.07 Å². The monoisotopic (exact) mass is 300 g/mol. The molecule has 3 rings (SSSR count). The van der Waals surface area contributed by atoms with Crippen LogP contribution in [0, 0.1) is 11.8 Å². The van der Waals surface area contributed by atoms with Crippen LogP contribution < -0.4 is 5.19 Å². The molecule has 1 heterocycles. The van der Waals surface area contributed by atoms with E-state index in [0.29, 0.717) is 5.78 Å². The van der Waals surface area contributed by atoms with E-state index in [4.69, 9.17) is 0 Å². The van der Waals surface area contributed by atoms with Gasteiger partial charge in [0.05, 0.1) is 8.07 Å². The van der Waals surface area contributed by atoms with Gasteiger partial charge in [-0.25, -0.2) is 0 Å². The Balaban J connectivity index is 1.65. The molecule has 21 heavy (non-hydrogen) atoms. The van der Waals surface area contributed by atoms with Crippen molar-refractivity contribution in [2.75, 3.05) is 0 Å². The van der Waals surface area contributed by atoms with Crippen LogP contribution in [-0.4, -0.2) is 13.9 Å². The lowest BCUT2D eigenvalue weighted by molar-refractivity contribution is -0.121. The van der Waals surface area contributed by atoms with Crippen LogP contribution in [-0.2, 0) is 4.79 Å². The summed E-state index contributed by atoms with van der Waals surface area (Å²) in [6.07, 6.45) is 6.92. The van der Waals surface area contributed by atoms with Crippen molar-refractivity contribution in [1.82, 2.24) is 0 Å². The van der Waals surface area contributed by atoms with E-state index in [-0.39, 0.29) is 0 Å². The van der Waals surface area contributed by atoms with Crippen molar-refractivity contribution in [3.8, 4) is 0 Å². The first-order chi connectivity index (χ1) is 10.2. The summed E-state index contributed by atoms with van der Waals surface area (Å²) in [5, 5.41) is 1.68. The number of hydrogen-bond acceptors (Lipinski definition) is 1. The Morgan fingerprint density at radius 2 is 1.52 bits per heavy atom. The highest BCUT2D eigenvalue weighted by Gasteiger charge is 2.39. The number of carbonyl (C=O) groups is 1. The molecule has 0 radical (unpaired) electrons. The zero-order chi connectivity index (χ0) is 14.7. The van der Waals surface area contributed by atoms with Gasteiger partial charge in [-0.2, -0.15) is 0 Å². The highest BCUT2D eigenvalue weighted by Crippen LogP contribution is 2.42. The fraction of sp³-hybridized carbons (Fsp3) is 0.632. The van der Waals surface area contributed by atoms with Crippen molar-refractivity contribution in [2.24, 2.45) is 11.8 Å². The van der Waals surface area contributed by atoms with Crippen molar-refractivity contribution in [3.63, 3.8) is 0 Å². The van der Waals surface area contributed by atoms with Crippen LogP contribution in [0.1, 0.15) is 45.4 Å². The van der Waals surface area contributed by atoms with Crippen molar-refractivity contribution >= 4 is 19.0 Å². The largest absolute Gasteiger partial charge is 0.300 e. The van der Waals surface area contributed by atoms with E-state index in [9.17, 15) is 4.79 Å². The third kappa shape index (κ3) is 3.15. The zero-order valence-corrected chi connectivity index (χ0v) is 14.3. The Morgan fingerprint density at radius 3 is 2.10 bits per heavy atom. The summed E-state index contributed by atoms with van der Waals surface area (Å²) in [6.45, 7) is 2.42. The van der Waals surface area contributed by atoms with Gasteiger partial charge in [-0.05, 0) is 24.7 Å². The molecule has 1 saturated carbocycles. The minimum atomic E-state index is -1.22. The number of carbonyl (C=O) groups excluding carboxylic acids is 1. The molecule has 1 aliphatic heterocycles. The normalized spacial score (nSPS) is 31.3. The molecule has 0 amide bonds. The van der Waals surface area contributed by atoms with Crippen molar-refractivity contribution in [2.45, 2.75) is 63.6 Å². The van der Waals surface area contributed by atoms with Gasteiger partial charge in [0.1, 0.15) is 5.78 Å². The summed E-state index contributed by atoms with van der Waals surface area (Å²) in [4.78, 5) is 11.4. The van der Waals surface area contributed by atoms with Crippen LogP contribution in [0.15, 0.2) is 30.3 Å². The van der Waals surface area contributed by atoms with E-state index >= 15 is 0 Å². The predicted octanol–water partition coefficient (Wildman–Crippen LogP) is 4.53. The van der Waals surface area contributed by atoms with Crippen LogP contribution >= 0.6 is 0 Å².